The molecule has 2 aromatic rings. The third kappa shape index (κ3) is 4.05. The molecule has 0 saturated carbocycles. The fourth-order valence-corrected chi connectivity index (χ4v) is 1.99. The van der Waals surface area contributed by atoms with Gasteiger partial charge in [0.15, 0.2) is 0 Å². The van der Waals surface area contributed by atoms with Crippen molar-refractivity contribution in [3.8, 4) is 0 Å². The number of likely N-dealkylation sites (N-methyl/N-ethyl adjacent to an activating group) is 1. The Balaban J connectivity index is 1.97. The van der Waals surface area contributed by atoms with Crippen LogP contribution in [0.1, 0.15) is 10.4 Å². The zero-order chi connectivity index (χ0) is 16.1. The monoisotopic (exact) mass is 320 g/mol. The molecule has 4 nitrogen and oxygen atoms in total. The van der Waals surface area contributed by atoms with E-state index < -0.39 is 11.7 Å². The van der Waals surface area contributed by atoms with E-state index in [4.69, 9.17) is 11.6 Å². The van der Waals surface area contributed by atoms with Crippen LogP contribution in [0.3, 0.4) is 0 Å². The van der Waals surface area contributed by atoms with Crippen molar-refractivity contribution in [3.63, 3.8) is 0 Å². The lowest BCUT2D eigenvalue weighted by Gasteiger charge is -2.17. The molecule has 0 unspecified atom stereocenters. The average molecular weight is 321 g/mol. The summed E-state index contributed by atoms with van der Waals surface area (Å²) in [6.45, 7) is -0.185. The van der Waals surface area contributed by atoms with Crippen LogP contribution in [0.15, 0.2) is 48.5 Å². The number of nitrogens with one attached hydrogen (secondary N) is 1. The van der Waals surface area contributed by atoms with Crippen LogP contribution in [0.4, 0.5) is 10.1 Å². The van der Waals surface area contributed by atoms with Crippen LogP contribution in [0.25, 0.3) is 0 Å². The number of rotatable bonds is 4. The molecule has 0 atom stereocenters. The van der Waals surface area contributed by atoms with Crippen LogP contribution in [-0.2, 0) is 4.79 Å². The highest BCUT2D eigenvalue weighted by atomic mass is 35.5. The Morgan fingerprint density at radius 2 is 1.77 bits per heavy atom. The maximum Gasteiger partial charge on any atom is 0.257 e. The summed E-state index contributed by atoms with van der Waals surface area (Å²) in [7, 11) is 1.44. The molecule has 2 rings (SSSR count). The number of hydrogen-bond acceptors (Lipinski definition) is 2. The third-order valence-corrected chi connectivity index (χ3v) is 3.21. The number of benzene rings is 2. The van der Waals surface area contributed by atoms with Crippen LogP contribution in [0.5, 0.6) is 0 Å². The summed E-state index contributed by atoms with van der Waals surface area (Å²) in [6.07, 6.45) is 0. The predicted molar refractivity (Wildman–Crippen MR) is 83.4 cm³/mol. The minimum atomic E-state index is -0.613. The van der Waals surface area contributed by atoms with E-state index >= 15 is 0 Å². The molecule has 22 heavy (non-hydrogen) atoms. The van der Waals surface area contributed by atoms with Crippen LogP contribution in [0, 0.1) is 5.82 Å². The van der Waals surface area contributed by atoms with Gasteiger partial charge in [-0.2, -0.15) is 0 Å². The van der Waals surface area contributed by atoms with Gasteiger partial charge in [0.25, 0.3) is 5.91 Å². The van der Waals surface area contributed by atoms with Crippen molar-refractivity contribution in [2.24, 2.45) is 0 Å². The van der Waals surface area contributed by atoms with E-state index in [-0.39, 0.29) is 18.0 Å². The molecule has 1 N–H and O–H groups in total. The van der Waals surface area contributed by atoms with Gasteiger partial charge < -0.3 is 10.2 Å². The van der Waals surface area contributed by atoms with Crippen molar-refractivity contribution < 1.29 is 14.0 Å². The van der Waals surface area contributed by atoms with Crippen LogP contribution in [-0.4, -0.2) is 30.3 Å². The van der Waals surface area contributed by atoms with E-state index in [9.17, 15) is 14.0 Å². The highest BCUT2D eigenvalue weighted by Gasteiger charge is 2.17. The second kappa shape index (κ2) is 7.04. The van der Waals surface area contributed by atoms with Gasteiger partial charge in [-0.1, -0.05) is 23.7 Å². The molecule has 0 spiro atoms. The summed E-state index contributed by atoms with van der Waals surface area (Å²) in [5, 5.41) is 3.20. The van der Waals surface area contributed by atoms with E-state index in [0.717, 1.165) is 4.90 Å². The molecule has 0 heterocycles. The number of nitrogens with zero attached hydrogens (tertiary/aromatic N) is 1. The predicted octanol–water partition coefficient (Wildman–Crippen LogP) is 3.19. The first-order valence-corrected chi connectivity index (χ1v) is 6.90. The normalized spacial score (nSPS) is 10.1. The molecular weight excluding hydrogens is 307 g/mol. The van der Waals surface area contributed by atoms with Gasteiger partial charge in [-0.05, 0) is 36.4 Å². The summed E-state index contributed by atoms with van der Waals surface area (Å²) in [4.78, 5) is 25.1. The van der Waals surface area contributed by atoms with E-state index in [0.29, 0.717) is 10.7 Å². The Hall–Kier alpha value is -2.40. The molecule has 0 bridgehead atoms. The maximum absolute atomic E-state index is 13.6. The zero-order valence-corrected chi connectivity index (χ0v) is 12.6. The molecule has 6 heteroatoms. The molecular formula is C16H14ClFN2O2. The van der Waals surface area contributed by atoms with Gasteiger partial charge in [0, 0.05) is 17.8 Å². The lowest BCUT2D eigenvalue weighted by Crippen LogP contribution is -2.35. The number of amides is 2. The topological polar surface area (TPSA) is 49.4 Å². The number of carbonyl (C=O) groups is 2. The highest BCUT2D eigenvalue weighted by Crippen LogP contribution is 2.13. The van der Waals surface area contributed by atoms with Crippen molar-refractivity contribution in [2.45, 2.75) is 0 Å². The Kier molecular flexibility index (Phi) is 5.12. The Morgan fingerprint density at radius 3 is 2.41 bits per heavy atom. The lowest BCUT2D eigenvalue weighted by molar-refractivity contribution is -0.116. The largest absolute Gasteiger partial charge is 0.332 e. The summed E-state index contributed by atoms with van der Waals surface area (Å²) in [5.74, 6) is -1.55. The summed E-state index contributed by atoms with van der Waals surface area (Å²) in [5.41, 5.74) is 0.505. The molecule has 0 aliphatic rings. The highest BCUT2D eigenvalue weighted by molar-refractivity contribution is 6.30. The van der Waals surface area contributed by atoms with Gasteiger partial charge >= 0.3 is 0 Å². The van der Waals surface area contributed by atoms with Gasteiger partial charge in [0.05, 0.1) is 12.1 Å². The molecule has 2 aromatic carbocycles. The van der Waals surface area contributed by atoms with Gasteiger partial charge in [0.1, 0.15) is 5.82 Å². The van der Waals surface area contributed by atoms with E-state index in [1.807, 2.05) is 0 Å². The maximum atomic E-state index is 13.6. The second-order valence-electron chi connectivity index (χ2n) is 4.70. The van der Waals surface area contributed by atoms with E-state index in [1.165, 1.54) is 25.2 Å². The first-order chi connectivity index (χ1) is 10.5. The van der Waals surface area contributed by atoms with Gasteiger partial charge in [-0.3, -0.25) is 9.59 Å². The molecule has 0 saturated heterocycles. The molecule has 114 valence electrons. The number of hydrogen-bond donors (Lipinski definition) is 1. The minimum Gasteiger partial charge on any atom is -0.332 e. The fraction of sp³-hybridized carbons (Fsp3) is 0.125. The molecule has 0 radical (unpaired) electrons. The van der Waals surface area contributed by atoms with Crippen molar-refractivity contribution in [3.05, 3.63) is 64.9 Å². The van der Waals surface area contributed by atoms with Crippen LogP contribution in [0.2, 0.25) is 5.02 Å². The Morgan fingerprint density at radius 1 is 1.14 bits per heavy atom. The van der Waals surface area contributed by atoms with E-state index in [2.05, 4.69) is 5.32 Å². The standard InChI is InChI=1S/C16H14ClFN2O2/c1-20(16(22)13-4-2-3-5-14(13)18)10-15(21)19-12-8-6-11(17)7-9-12/h2-9H,10H2,1H3,(H,19,21). The zero-order valence-electron chi connectivity index (χ0n) is 11.8. The van der Waals surface area contributed by atoms with Gasteiger partial charge in [0.2, 0.25) is 5.91 Å². The third-order valence-electron chi connectivity index (χ3n) is 2.96. The fourth-order valence-electron chi connectivity index (χ4n) is 1.86. The van der Waals surface area contributed by atoms with Crippen molar-refractivity contribution >= 4 is 29.1 Å². The molecule has 0 fully saturated rings. The van der Waals surface area contributed by atoms with E-state index in [1.54, 1.807) is 30.3 Å². The van der Waals surface area contributed by atoms with Gasteiger partial charge in [-0.25, -0.2) is 4.39 Å². The average Bonchev–Trinajstić information content (AvgIpc) is 2.49. The Bertz CT molecular complexity index is 689. The second-order valence-corrected chi connectivity index (χ2v) is 5.13. The number of halogens is 2. The SMILES string of the molecule is CN(CC(=O)Nc1ccc(Cl)cc1)C(=O)c1ccccc1F. The summed E-state index contributed by atoms with van der Waals surface area (Å²) in [6, 6.07) is 12.2. The summed E-state index contributed by atoms with van der Waals surface area (Å²) < 4.78 is 13.6. The quantitative estimate of drug-likeness (QED) is 0.940. The lowest BCUT2D eigenvalue weighted by atomic mass is 10.2. The molecule has 0 aliphatic carbocycles. The smallest absolute Gasteiger partial charge is 0.257 e. The summed E-state index contributed by atoms with van der Waals surface area (Å²) >= 11 is 5.76. The van der Waals surface area contributed by atoms with Crippen LogP contribution >= 0.6 is 11.6 Å². The number of anilines is 1. The molecule has 0 aliphatic heterocycles. The molecule has 0 aromatic heterocycles. The van der Waals surface area contributed by atoms with Crippen LogP contribution < -0.4 is 5.32 Å². The van der Waals surface area contributed by atoms with Crippen molar-refractivity contribution in [1.82, 2.24) is 4.90 Å². The minimum absolute atomic E-state index is 0.0655. The van der Waals surface area contributed by atoms with Crippen molar-refractivity contribution in [2.75, 3.05) is 18.9 Å². The van der Waals surface area contributed by atoms with Crippen molar-refractivity contribution in [1.29, 1.82) is 0 Å². The number of carbonyl (C=O) groups excluding carboxylic acids is 2. The Labute approximate surface area is 132 Å². The first-order valence-electron chi connectivity index (χ1n) is 6.53. The first kappa shape index (κ1) is 16.0. The molecule has 2 amide bonds. The van der Waals surface area contributed by atoms with Gasteiger partial charge in [-0.15, -0.1) is 0 Å².